The summed E-state index contributed by atoms with van der Waals surface area (Å²) in [5, 5.41) is 0.976. The Hall–Kier alpha value is -2.34. The molecule has 0 unspecified atom stereocenters. The van der Waals surface area contributed by atoms with Gasteiger partial charge in [0.05, 0.1) is 5.69 Å². The van der Waals surface area contributed by atoms with Crippen molar-refractivity contribution in [2.75, 3.05) is 18.0 Å². The highest BCUT2D eigenvalue weighted by Gasteiger charge is 2.15. The number of nitrogens with zero attached hydrogens (tertiary/aromatic N) is 4. The summed E-state index contributed by atoms with van der Waals surface area (Å²) >= 11 is 1.67. The van der Waals surface area contributed by atoms with E-state index in [2.05, 4.69) is 25.9 Å². The van der Waals surface area contributed by atoms with Gasteiger partial charge in [-0.25, -0.2) is 15.0 Å². The molecule has 3 heterocycles. The lowest BCUT2D eigenvalue weighted by atomic mass is 10.1. The molecule has 1 aliphatic rings. The Bertz CT molecular complexity index is 859. The van der Waals surface area contributed by atoms with Gasteiger partial charge in [0.2, 0.25) is 5.89 Å². The highest BCUT2D eigenvalue weighted by molar-refractivity contribution is 7.98. The molecule has 1 fully saturated rings. The molecule has 1 saturated heterocycles. The van der Waals surface area contributed by atoms with E-state index in [1.165, 1.54) is 19.3 Å². The van der Waals surface area contributed by atoms with Crippen LogP contribution in [0.5, 0.6) is 0 Å². The molecule has 134 valence electrons. The van der Waals surface area contributed by atoms with E-state index in [0.717, 1.165) is 46.7 Å². The van der Waals surface area contributed by atoms with Crippen LogP contribution in [0.1, 0.15) is 30.7 Å². The van der Waals surface area contributed by atoms with E-state index in [9.17, 15) is 0 Å². The topological polar surface area (TPSA) is 55.1 Å². The van der Waals surface area contributed by atoms with Crippen LogP contribution < -0.4 is 4.90 Å². The predicted molar refractivity (Wildman–Crippen MR) is 104 cm³/mol. The van der Waals surface area contributed by atoms with Crippen LogP contribution in [0, 0.1) is 6.92 Å². The molecule has 6 heteroatoms. The van der Waals surface area contributed by atoms with Gasteiger partial charge in [-0.2, -0.15) is 0 Å². The van der Waals surface area contributed by atoms with Crippen molar-refractivity contribution in [2.45, 2.75) is 37.0 Å². The third-order valence-corrected chi connectivity index (χ3v) is 5.51. The second-order valence-electron chi connectivity index (χ2n) is 6.44. The number of aromatic nitrogens is 3. The summed E-state index contributed by atoms with van der Waals surface area (Å²) in [7, 11) is 0. The van der Waals surface area contributed by atoms with Crippen LogP contribution in [-0.4, -0.2) is 28.0 Å². The van der Waals surface area contributed by atoms with Gasteiger partial charge in [-0.1, -0.05) is 30.0 Å². The first-order valence-corrected chi connectivity index (χ1v) is 10.00. The highest BCUT2D eigenvalue weighted by Crippen LogP contribution is 2.28. The summed E-state index contributed by atoms with van der Waals surface area (Å²) < 4.78 is 5.84. The molecule has 2 aromatic heterocycles. The fourth-order valence-electron chi connectivity index (χ4n) is 3.11. The third-order valence-electron chi connectivity index (χ3n) is 4.58. The maximum Gasteiger partial charge on any atom is 0.226 e. The molecule has 0 saturated carbocycles. The van der Waals surface area contributed by atoms with Gasteiger partial charge in [0.15, 0.2) is 0 Å². The van der Waals surface area contributed by atoms with Crippen molar-refractivity contribution in [1.29, 1.82) is 0 Å². The first-order valence-electron chi connectivity index (χ1n) is 9.01. The summed E-state index contributed by atoms with van der Waals surface area (Å²) in [5.41, 5.74) is 1.97. The van der Waals surface area contributed by atoms with Crippen LogP contribution in [0.25, 0.3) is 11.5 Å². The minimum Gasteiger partial charge on any atom is -0.441 e. The summed E-state index contributed by atoms with van der Waals surface area (Å²) in [4.78, 5) is 15.9. The van der Waals surface area contributed by atoms with Gasteiger partial charge < -0.3 is 9.32 Å². The van der Waals surface area contributed by atoms with Crippen LogP contribution in [-0.2, 0) is 5.75 Å². The van der Waals surface area contributed by atoms with E-state index in [-0.39, 0.29) is 0 Å². The molecule has 1 aromatic carbocycles. The molecule has 0 atom stereocenters. The standard InChI is InChI=1S/C20H22N4OS/c1-15-17(23-20(25-15)16-8-4-2-5-9-16)13-26-19-12-18(21-14-22-19)24-10-6-3-7-11-24/h2,4-5,8-9,12,14H,3,6-7,10-11,13H2,1H3. The maximum absolute atomic E-state index is 5.84. The lowest BCUT2D eigenvalue weighted by molar-refractivity contribution is 0.540. The number of benzene rings is 1. The van der Waals surface area contributed by atoms with E-state index >= 15 is 0 Å². The lowest BCUT2D eigenvalue weighted by Crippen LogP contribution is -2.30. The second-order valence-corrected chi connectivity index (χ2v) is 7.43. The van der Waals surface area contributed by atoms with Crippen LogP contribution >= 0.6 is 11.8 Å². The maximum atomic E-state index is 5.84. The van der Waals surface area contributed by atoms with Gasteiger partial charge in [0.1, 0.15) is 22.9 Å². The molecule has 0 bridgehead atoms. The first-order chi connectivity index (χ1) is 12.8. The van der Waals surface area contributed by atoms with Gasteiger partial charge in [-0.3, -0.25) is 0 Å². The smallest absolute Gasteiger partial charge is 0.226 e. The van der Waals surface area contributed by atoms with Gasteiger partial charge >= 0.3 is 0 Å². The van der Waals surface area contributed by atoms with Gasteiger partial charge in [-0.05, 0) is 38.3 Å². The fraction of sp³-hybridized carbons (Fsp3) is 0.350. The highest BCUT2D eigenvalue weighted by atomic mass is 32.2. The Morgan fingerprint density at radius 3 is 2.69 bits per heavy atom. The summed E-state index contributed by atoms with van der Waals surface area (Å²) in [6, 6.07) is 12.1. The monoisotopic (exact) mass is 366 g/mol. The Morgan fingerprint density at radius 2 is 1.88 bits per heavy atom. The molecular formula is C20H22N4OS. The fourth-order valence-corrected chi connectivity index (χ4v) is 3.98. The van der Waals surface area contributed by atoms with Gasteiger partial charge in [0.25, 0.3) is 0 Å². The Labute approximate surface area is 157 Å². The van der Waals surface area contributed by atoms with Gasteiger partial charge in [0, 0.05) is 30.5 Å². The van der Waals surface area contributed by atoms with Crippen LogP contribution in [0.2, 0.25) is 0 Å². The molecule has 0 radical (unpaired) electrons. The minimum absolute atomic E-state index is 0.676. The average molecular weight is 366 g/mol. The predicted octanol–water partition coefficient (Wildman–Crippen LogP) is 4.72. The molecule has 0 N–H and O–H groups in total. The number of hydrogen-bond donors (Lipinski definition) is 0. The van der Waals surface area contributed by atoms with E-state index < -0.39 is 0 Å². The largest absolute Gasteiger partial charge is 0.441 e. The normalized spacial score (nSPS) is 14.6. The Balaban J connectivity index is 1.45. The van der Waals surface area contributed by atoms with Crippen LogP contribution in [0.3, 0.4) is 0 Å². The zero-order valence-corrected chi connectivity index (χ0v) is 15.7. The summed E-state index contributed by atoms with van der Waals surface area (Å²) in [5.74, 6) is 3.31. The number of hydrogen-bond acceptors (Lipinski definition) is 6. The number of oxazole rings is 1. The third kappa shape index (κ3) is 3.90. The van der Waals surface area contributed by atoms with E-state index in [1.54, 1.807) is 18.1 Å². The molecular weight excluding hydrogens is 344 g/mol. The van der Waals surface area contributed by atoms with Gasteiger partial charge in [-0.15, -0.1) is 0 Å². The lowest BCUT2D eigenvalue weighted by Gasteiger charge is -2.27. The van der Waals surface area contributed by atoms with Crippen molar-refractivity contribution in [3.63, 3.8) is 0 Å². The van der Waals surface area contributed by atoms with E-state index in [1.807, 2.05) is 37.3 Å². The van der Waals surface area contributed by atoms with E-state index in [0.29, 0.717) is 5.89 Å². The molecule has 3 aromatic rings. The van der Waals surface area contributed by atoms with Crippen LogP contribution in [0.15, 0.2) is 52.2 Å². The molecule has 0 aliphatic carbocycles. The number of rotatable bonds is 5. The quantitative estimate of drug-likeness (QED) is 0.481. The van der Waals surface area contributed by atoms with Crippen molar-refractivity contribution < 1.29 is 4.42 Å². The van der Waals surface area contributed by atoms with Crippen molar-refractivity contribution in [3.8, 4) is 11.5 Å². The average Bonchev–Trinajstić information content (AvgIpc) is 3.09. The zero-order valence-electron chi connectivity index (χ0n) is 14.9. The molecule has 1 aliphatic heterocycles. The number of thioether (sulfide) groups is 1. The zero-order chi connectivity index (χ0) is 17.8. The van der Waals surface area contributed by atoms with Crippen molar-refractivity contribution in [2.24, 2.45) is 0 Å². The first kappa shape index (κ1) is 17.1. The van der Waals surface area contributed by atoms with Crippen molar-refractivity contribution >= 4 is 17.6 Å². The van der Waals surface area contributed by atoms with Crippen molar-refractivity contribution in [1.82, 2.24) is 15.0 Å². The second kappa shape index (κ2) is 7.91. The molecule has 5 nitrogen and oxygen atoms in total. The molecule has 4 rings (SSSR count). The summed E-state index contributed by atoms with van der Waals surface area (Å²) in [6.07, 6.45) is 5.47. The van der Waals surface area contributed by atoms with Crippen LogP contribution in [0.4, 0.5) is 5.82 Å². The molecule has 26 heavy (non-hydrogen) atoms. The molecule has 0 amide bonds. The molecule has 0 spiro atoms. The Kier molecular flexibility index (Phi) is 5.20. The van der Waals surface area contributed by atoms with Crippen molar-refractivity contribution in [3.05, 3.63) is 54.2 Å². The Morgan fingerprint density at radius 1 is 1.08 bits per heavy atom. The minimum atomic E-state index is 0.676. The number of piperidine rings is 1. The SMILES string of the molecule is Cc1oc(-c2ccccc2)nc1CSc1cc(N2CCCCC2)ncn1. The number of aryl methyl sites for hydroxylation is 1. The van der Waals surface area contributed by atoms with E-state index in [4.69, 9.17) is 4.42 Å². The summed E-state index contributed by atoms with van der Waals surface area (Å²) in [6.45, 7) is 4.14. The number of anilines is 1.